The van der Waals surface area contributed by atoms with Gasteiger partial charge in [0.15, 0.2) is 0 Å². The summed E-state index contributed by atoms with van der Waals surface area (Å²) in [5, 5.41) is 0. The van der Waals surface area contributed by atoms with Gasteiger partial charge in [-0.25, -0.2) is 8.42 Å². The van der Waals surface area contributed by atoms with Gasteiger partial charge in [0.25, 0.3) is 0 Å². The van der Waals surface area contributed by atoms with E-state index in [1.807, 2.05) is 42.5 Å². The molecule has 0 aromatic heterocycles. The summed E-state index contributed by atoms with van der Waals surface area (Å²) in [6.45, 7) is 0. The first-order chi connectivity index (χ1) is 18.1. The van der Waals surface area contributed by atoms with Crippen molar-refractivity contribution in [2.75, 3.05) is 4.90 Å². The summed E-state index contributed by atoms with van der Waals surface area (Å²) in [5.41, 5.74) is 9.33. The van der Waals surface area contributed by atoms with Crippen LogP contribution in [-0.4, -0.2) is 8.42 Å². The van der Waals surface area contributed by atoms with Crippen molar-refractivity contribution in [1.82, 2.24) is 0 Å². The number of hydrogen-bond donors (Lipinski definition) is 0. The molecule has 0 saturated carbocycles. The number of para-hydroxylation sites is 2. The van der Waals surface area contributed by atoms with Crippen LogP contribution < -0.4 is 4.90 Å². The molecule has 0 amide bonds. The Bertz CT molecular complexity index is 1720. The second-order valence-electron chi connectivity index (χ2n) is 9.68. The van der Waals surface area contributed by atoms with Gasteiger partial charge in [-0.15, -0.1) is 0 Å². The molecule has 0 radical (unpaired) electrons. The molecule has 4 heteroatoms. The molecule has 0 aliphatic carbocycles. The number of benzene rings is 5. The van der Waals surface area contributed by atoms with E-state index in [2.05, 4.69) is 65.6 Å². The lowest BCUT2D eigenvalue weighted by Crippen LogP contribution is -2.16. The molecule has 0 saturated heterocycles. The Labute approximate surface area is 217 Å². The maximum atomic E-state index is 13.5. The molecule has 2 aliphatic heterocycles. The average molecular weight is 500 g/mol. The van der Waals surface area contributed by atoms with Gasteiger partial charge in [-0.2, -0.15) is 0 Å². The normalized spacial score (nSPS) is 15.1. The second kappa shape index (κ2) is 8.46. The number of nitrogens with zero attached hydrogens (tertiary/aromatic N) is 1. The van der Waals surface area contributed by atoms with E-state index in [0.717, 1.165) is 47.2 Å². The minimum atomic E-state index is -3.57. The van der Waals surface area contributed by atoms with Crippen LogP contribution in [0.5, 0.6) is 0 Å². The van der Waals surface area contributed by atoms with Gasteiger partial charge in [0.1, 0.15) is 0 Å². The van der Waals surface area contributed by atoms with E-state index in [1.54, 1.807) is 12.1 Å². The third-order valence-corrected chi connectivity index (χ3v) is 9.46. The van der Waals surface area contributed by atoms with Gasteiger partial charge in [0, 0.05) is 33.8 Å². The molecule has 0 fully saturated rings. The van der Waals surface area contributed by atoms with E-state index in [-0.39, 0.29) is 0 Å². The summed E-state index contributed by atoms with van der Waals surface area (Å²) >= 11 is 0. The van der Waals surface area contributed by atoms with E-state index in [9.17, 15) is 8.42 Å². The Morgan fingerprint density at radius 2 is 1.11 bits per heavy atom. The molecular weight excluding hydrogens is 474 g/mol. The zero-order valence-corrected chi connectivity index (χ0v) is 21.1. The van der Waals surface area contributed by atoms with Crippen LogP contribution in [0.3, 0.4) is 0 Å². The van der Waals surface area contributed by atoms with Crippen molar-refractivity contribution >= 4 is 26.9 Å². The predicted octanol–water partition coefficient (Wildman–Crippen LogP) is 8.13. The molecule has 0 unspecified atom stereocenters. The molecule has 180 valence electrons. The summed E-state index contributed by atoms with van der Waals surface area (Å²) in [6.07, 6.45) is 3.19. The molecule has 5 aromatic carbocycles. The third kappa shape index (κ3) is 3.44. The Morgan fingerprint density at radius 1 is 0.541 bits per heavy atom. The quantitative estimate of drug-likeness (QED) is 0.241. The molecule has 7 rings (SSSR count). The summed E-state index contributed by atoms with van der Waals surface area (Å²) < 4.78 is 27.0. The van der Waals surface area contributed by atoms with Gasteiger partial charge >= 0.3 is 0 Å². The molecule has 2 aliphatic rings. The highest BCUT2D eigenvalue weighted by molar-refractivity contribution is 7.92. The highest BCUT2D eigenvalue weighted by Gasteiger charge is 2.35. The van der Waals surface area contributed by atoms with Gasteiger partial charge < -0.3 is 4.90 Å². The molecule has 5 aromatic rings. The van der Waals surface area contributed by atoms with Crippen molar-refractivity contribution in [2.45, 2.75) is 29.1 Å². The minimum absolute atomic E-state index is 0.392. The number of fused-ring (bicyclic) bond motifs is 5. The standard InChI is InChI=1S/C33H25NO2S/c35-37(36)32-18-6-3-13-28(32)29-15-8-14-27(33(29)37)23-19-21-26(22-20-23)34-30-16-4-1-9-24(30)11-7-12-25-10-2-5-17-31(25)34/h1-6,8-10,13-22H,7,11-12H2. The lowest BCUT2D eigenvalue weighted by molar-refractivity contribution is 0.599. The Kier molecular flexibility index (Phi) is 5.05. The van der Waals surface area contributed by atoms with Crippen LogP contribution >= 0.6 is 0 Å². The fraction of sp³-hybridized carbons (Fsp3) is 0.0909. The largest absolute Gasteiger partial charge is 0.310 e. The zero-order valence-electron chi connectivity index (χ0n) is 20.3. The number of rotatable bonds is 2. The van der Waals surface area contributed by atoms with E-state index in [4.69, 9.17) is 0 Å². The van der Waals surface area contributed by atoms with Crippen LogP contribution in [-0.2, 0) is 22.7 Å². The van der Waals surface area contributed by atoms with E-state index < -0.39 is 9.84 Å². The number of sulfone groups is 1. The predicted molar refractivity (Wildman–Crippen MR) is 149 cm³/mol. The second-order valence-corrected chi connectivity index (χ2v) is 11.5. The Morgan fingerprint density at radius 3 is 1.81 bits per heavy atom. The van der Waals surface area contributed by atoms with E-state index in [0.29, 0.717) is 9.79 Å². The molecule has 0 bridgehead atoms. The van der Waals surface area contributed by atoms with Crippen molar-refractivity contribution in [2.24, 2.45) is 0 Å². The highest BCUT2D eigenvalue weighted by atomic mass is 32.2. The molecular formula is C33H25NO2S. The monoisotopic (exact) mass is 499 g/mol. The van der Waals surface area contributed by atoms with Gasteiger partial charge in [-0.1, -0.05) is 84.9 Å². The van der Waals surface area contributed by atoms with Crippen LogP contribution in [0.2, 0.25) is 0 Å². The number of anilines is 3. The van der Waals surface area contributed by atoms with Crippen LogP contribution in [0, 0.1) is 0 Å². The molecule has 0 spiro atoms. The minimum Gasteiger partial charge on any atom is -0.310 e. The van der Waals surface area contributed by atoms with Gasteiger partial charge in [-0.3, -0.25) is 0 Å². The maximum Gasteiger partial charge on any atom is 0.208 e. The van der Waals surface area contributed by atoms with E-state index in [1.165, 1.54) is 22.5 Å². The SMILES string of the molecule is O=S1(=O)c2ccccc2-c2cccc(-c3ccc(N4c5ccccc5CCCc5ccccc54)cc3)c21. The average Bonchev–Trinajstić information content (AvgIpc) is 3.17. The van der Waals surface area contributed by atoms with Crippen molar-refractivity contribution in [3.05, 3.63) is 126 Å². The number of aryl methyl sites for hydroxylation is 2. The smallest absolute Gasteiger partial charge is 0.208 e. The van der Waals surface area contributed by atoms with Crippen molar-refractivity contribution in [3.8, 4) is 22.3 Å². The maximum absolute atomic E-state index is 13.5. The van der Waals surface area contributed by atoms with Crippen LogP contribution in [0.1, 0.15) is 17.5 Å². The van der Waals surface area contributed by atoms with Crippen molar-refractivity contribution in [1.29, 1.82) is 0 Å². The Balaban J connectivity index is 1.37. The fourth-order valence-electron chi connectivity index (χ4n) is 5.85. The highest BCUT2D eigenvalue weighted by Crippen LogP contribution is 2.48. The summed E-state index contributed by atoms with van der Waals surface area (Å²) in [4.78, 5) is 3.14. The summed E-state index contributed by atoms with van der Waals surface area (Å²) in [7, 11) is -3.57. The molecule has 0 atom stereocenters. The van der Waals surface area contributed by atoms with Crippen LogP contribution in [0.4, 0.5) is 17.1 Å². The van der Waals surface area contributed by atoms with Crippen LogP contribution in [0.25, 0.3) is 22.3 Å². The Hall–Kier alpha value is -4.15. The van der Waals surface area contributed by atoms with Crippen molar-refractivity contribution in [3.63, 3.8) is 0 Å². The van der Waals surface area contributed by atoms with Crippen LogP contribution in [0.15, 0.2) is 125 Å². The first-order valence-corrected chi connectivity index (χ1v) is 14.2. The fourth-order valence-corrected chi connectivity index (χ4v) is 7.74. The van der Waals surface area contributed by atoms with Gasteiger partial charge in [0.05, 0.1) is 9.79 Å². The number of hydrogen-bond acceptors (Lipinski definition) is 3. The van der Waals surface area contributed by atoms with Gasteiger partial charge in [-0.05, 0) is 66.3 Å². The first-order valence-electron chi connectivity index (χ1n) is 12.7. The van der Waals surface area contributed by atoms with Crippen molar-refractivity contribution < 1.29 is 8.42 Å². The lowest BCUT2D eigenvalue weighted by Gasteiger charge is -2.31. The van der Waals surface area contributed by atoms with E-state index >= 15 is 0 Å². The molecule has 3 nitrogen and oxygen atoms in total. The van der Waals surface area contributed by atoms with Gasteiger partial charge in [0.2, 0.25) is 9.84 Å². The molecule has 2 heterocycles. The molecule has 37 heavy (non-hydrogen) atoms. The third-order valence-electron chi connectivity index (χ3n) is 7.54. The lowest BCUT2D eigenvalue weighted by atomic mass is 9.96. The summed E-state index contributed by atoms with van der Waals surface area (Å²) in [5.74, 6) is 0. The summed E-state index contributed by atoms with van der Waals surface area (Å²) in [6, 6.07) is 38.6. The zero-order chi connectivity index (χ0) is 25.0. The molecule has 0 N–H and O–H groups in total. The first kappa shape index (κ1) is 22.1. The topological polar surface area (TPSA) is 37.4 Å².